The van der Waals surface area contributed by atoms with Gasteiger partial charge in [0, 0.05) is 0 Å². The van der Waals surface area contributed by atoms with Crippen LogP contribution in [-0.4, -0.2) is 23.1 Å². The molecule has 1 rings (SSSR count). The highest BCUT2D eigenvalue weighted by atomic mass is 16.6. The smallest absolute Gasteiger partial charge is 0.408 e. The van der Waals surface area contributed by atoms with Crippen molar-refractivity contribution in [2.24, 2.45) is 5.16 Å². The summed E-state index contributed by atoms with van der Waals surface area (Å²) in [6.45, 7) is 7.31. The van der Waals surface area contributed by atoms with Crippen LogP contribution in [0.15, 0.2) is 29.4 Å². The van der Waals surface area contributed by atoms with Gasteiger partial charge in [-0.3, -0.25) is 0 Å². The van der Waals surface area contributed by atoms with E-state index >= 15 is 0 Å². The van der Waals surface area contributed by atoms with E-state index in [0.29, 0.717) is 0 Å². The number of benzene rings is 1. The van der Waals surface area contributed by atoms with Crippen LogP contribution < -0.4 is 5.32 Å². The van der Waals surface area contributed by atoms with Crippen LogP contribution >= 0.6 is 0 Å². The first-order valence-electron chi connectivity index (χ1n) is 6.09. The highest BCUT2D eigenvalue weighted by molar-refractivity contribution is 5.79. The maximum atomic E-state index is 11.7. The molecule has 0 aliphatic carbocycles. The normalized spacial score (nSPS) is 13.3. The van der Waals surface area contributed by atoms with E-state index in [2.05, 4.69) is 10.5 Å². The Bertz CT molecular complexity index is 464. The fourth-order valence-electron chi connectivity index (χ4n) is 1.54. The molecule has 1 atom stereocenters. The van der Waals surface area contributed by atoms with Crippen molar-refractivity contribution in [3.8, 4) is 0 Å². The van der Waals surface area contributed by atoms with Crippen LogP contribution in [0.25, 0.3) is 0 Å². The molecule has 0 fully saturated rings. The van der Waals surface area contributed by atoms with E-state index in [-0.39, 0.29) is 6.04 Å². The lowest BCUT2D eigenvalue weighted by atomic mass is 10.1. The van der Waals surface area contributed by atoms with Crippen LogP contribution in [0.3, 0.4) is 0 Å². The van der Waals surface area contributed by atoms with Crippen LogP contribution in [0.2, 0.25) is 0 Å². The second kappa shape index (κ2) is 6.22. The molecule has 2 N–H and O–H groups in total. The number of rotatable bonds is 3. The molecular weight excluding hydrogens is 244 g/mol. The molecule has 1 unspecified atom stereocenters. The first-order valence-corrected chi connectivity index (χ1v) is 6.09. The number of alkyl carbamates (subject to hydrolysis) is 1. The molecule has 1 aromatic rings. The number of nitrogens with zero attached hydrogens (tertiary/aromatic N) is 1. The van der Waals surface area contributed by atoms with Crippen LogP contribution in [0.5, 0.6) is 0 Å². The number of nitrogens with one attached hydrogen (secondary N) is 1. The third kappa shape index (κ3) is 5.42. The van der Waals surface area contributed by atoms with Crippen molar-refractivity contribution in [1.82, 2.24) is 5.32 Å². The van der Waals surface area contributed by atoms with Gasteiger partial charge in [-0.05, 0) is 44.9 Å². The highest BCUT2D eigenvalue weighted by Crippen LogP contribution is 2.15. The third-order valence-corrected chi connectivity index (χ3v) is 2.35. The topological polar surface area (TPSA) is 70.9 Å². The van der Waals surface area contributed by atoms with Gasteiger partial charge in [0.1, 0.15) is 5.60 Å². The van der Waals surface area contributed by atoms with Gasteiger partial charge < -0.3 is 15.3 Å². The van der Waals surface area contributed by atoms with Gasteiger partial charge in [0.15, 0.2) is 0 Å². The largest absolute Gasteiger partial charge is 0.444 e. The average Bonchev–Trinajstić information content (AvgIpc) is 2.27. The lowest BCUT2D eigenvalue weighted by Gasteiger charge is -2.22. The Labute approximate surface area is 113 Å². The summed E-state index contributed by atoms with van der Waals surface area (Å²) < 4.78 is 5.19. The van der Waals surface area contributed by atoms with Gasteiger partial charge >= 0.3 is 6.09 Å². The van der Waals surface area contributed by atoms with Crippen molar-refractivity contribution in [2.45, 2.75) is 39.3 Å². The number of amides is 1. The van der Waals surface area contributed by atoms with Gasteiger partial charge in [-0.15, -0.1) is 0 Å². The van der Waals surface area contributed by atoms with E-state index in [1.54, 1.807) is 0 Å². The average molecular weight is 264 g/mol. The molecule has 19 heavy (non-hydrogen) atoms. The summed E-state index contributed by atoms with van der Waals surface area (Å²) >= 11 is 0. The molecule has 0 aliphatic heterocycles. The summed E-state index contributed by atoms with van der Waals surface area (Å²) in [4.78, 5) is 11.7. The van der Waals surface area contributed by atoms with Crippen LogP contribution in [0.4, 0.5) is 4.79 Å². The Morgan fingerprint density at radius 3 is 2.74 bits per heavy atom. The molecule has 0 radical (unpaired) electrons. The molecule has 0 saturated heterocycles. The minimum atomic E-state index is -0.519. The minimum Gasteiger partial charge on any atom is -0.444 e. The van der Waals surface area contributed by atoms with Gasteiger partial charge in [-0.1, -0.05) is 23.4 Å². The lowest BCUT2D eigenvalue weighted by Crippen LogP contribution is -2.34. The second-order valence-electron chi connectivity index (χ2n) is 5.28. The van der Waals surface area contributed by atoms with E-state index in [0.717, 1.165) is 11.1 Å². The van der Waals surface area contributed by atoms with Crippen molar-refractivity contribution in [3.63, 3.8) is 0 Å². The molecule has 0 aromatic heterocycles. The standard InChI is InChI=1S/C14H20N2O3/c1-10(16-13(17)19-14(2,3)4)12-7-5-6-11(8-12)9-15-18/h5-10,18H,1-4H3,(H,16,17). The maximum Gasteiger partial charge on any atom is 0.408 e. The van der Waals surface area contributed by atoms with Crippen molar-refractivity contribution in [2.75, 3.05) is 0 Å². The molecule has 5 heteroatoms. The van der Waals surface area contributed by atoms with Gasteiger partial charge in [-0.25, -0.2) is 4.79 Å². The fraction of sp³-hybridized carbons (Fsp3) is 0.429. The van der Waals surface area contributed by atoms with Crippen LogP contribution in [-0.2, 0) is 4.74 Å². The zero-order valence-electron chi connectivity index (χ0n) is 11.7. The Morgan fingerprint density at radius 1 is 1.47 bits per heavy atom. The monoisotopic (exact) mass is 264 g/mol. The number of carbonyl (C=O) groups is 1. The quantitative estimate of drug-likeness (QED) is 0.500. The molecule has 0 heterocycles. The Kier molecular flexibility index (Phi) is 4.92. The van der Waals surface area contributed by atoms with Crippen molar-refractivity contribution in [3.05, 3.63) is 35.4 Å². The SMILES string of the molecule is CC(NC(=O)OC(C)(C)C)c1cccc(C=NO)c1. The van der Waals surface area contributed by atoms with E-state index in [9.17, 15) is 4.79 Å². The minimum absolute atomic E-state index is 0.193. The maximum absolute atomic E-state index is 11.7. The first-order chi connectivity index (χ1) is 8.81. The van der Waals surface area contributed by atoms with E-state index in [1.807, 2.05) is 52.0 Å². The molecule has 0 bridgehead atoms. The van der Waals surface area contributed by atoms with E-state index < -0.39 is 11.7 Å². The molecule has 1 amide bonds. The molecule has 5 nitrogen and oxygen atoms in total. The summed E-state index contributed by atoms with van der Waals surface area (Å²) in [5, 5.41) is 14.2. The second-order valence-corrected chi connectivity index (χ2v) is 5.28. The Balaban J connectivity index is 2.70. The number of oxime groups is 1. The summed E-state index contributed by atoms with van der Waals surface area (Å²) in [6, 6.07) is 7.17. The van der Waals surface area contributed by atoms with Crippen LogP contribution in [0.1, 0.15) is 44.9 Å². The van der Waals surface area contributed by atoms with Crippen molar-refractivity contribution >= 4 is 12.3 Å². The molecule has 104 valence electrons. The highest BCUT2D eigenvalue weighted by Gasteiger charge is 2.18. The van der Waals surface area contributed by atoms with Gasteiger partial charge in [-0.2, -0.15) is 0 Å². The number of hydrogen-bond acceptors (Lipinski definition) is 4. The first kappa shape index (κ1) is 15.0. The Hall–Kier alpha value is -2.04. The molecule has 0 saturated carbocycles. The van der Waals surface area contributed by atoms with Crippen molar-refractivity contribution < 1.29 is 14.7 Å². The van der Waals surface area contributed by atoms with Gasteiger partial charge in [0.2, 0.25) is 0 Å². The Morgan fingerprint density at radius 2 is 2.16 bits per heavy atom. The summed E-state index contributed by atoms with van der Waals surface area (Å²) in [6.07, 6.45) is 0.880. The van der Waals surface area contributed by atoms with Gasteiger partial charge in [0.05, 0.1) is 12.3 Å². The van der Waals surface area contributed by atoms with Crippen molar-refractivity contribution in [1.29, 1.82) is 0 Å². The van der Waals surface area contributed by atoms with E-state index in [1.165, 1.54) is 6.21 Å². The molecule has 0 spiro atoms. The molecule has 1 aromatic carbocycles. The summed E-state index contributed by atoms with van der Waals surface area (Å²) in [5.74, 6) is 0. The zero-order chi connectivity index (χ0) is 14.5. The summed E-state index contributed by atoms with van der Waals surface area (Å²) in [5.41, 5.74) is 1.15. The zero-order valence-corrected chi connectivity index (χ0v) is 11.7. The number of hydrogen-bond donors (Lipinski definition) is 2. The van der Waals surface area contributed by atoms with E-state index in [4.69, 9.17) is 9.94 Å². The fourth-order valence-corrected chi connectivity index (χ4v) is 1.54. The predicted molar refractivity (Wildman–Crippen MR) is 73.6 cm³/mol. The van der Waals surface area contributed by atoms with Gasteiger partial charge in [0.25, 0.3) is 0 Å². The number of carbonyl (C=O) groups excluding carboxylic acids is 1. The number of ether oxygens (including phenoxy) is 1. The summed E-state index contributed by atoms with van der Waals surface area (Å²) in [7, 11) is 0. The molecular formula is C14H20N2O3. The lowest BCUT2D eigenvalue weighted by molar-refractivity contribution is 0.0508. The predicted octanol–water partition coefficient (Wildman–Crippen LogP) is 3.08. The van der Waals surface area contributed by atoms with Crippen LogP contribution in [0, 0.1) is 0 Å². The molecule has 0 aliphatic rings. The third-order valence-electron chi connectivity index (χ3n) is 2.35.